The molecule has 4 rings (SSSR count). The van der Waals surface area contributed by atoms with Crippen molar-refractivity contribution < 1.29 is 24.9 Å². The maximum atomic E-state index is 11.7. The molecule has 0 bridgehead atoms. The summed E-state index contributed by atoms with van der Waals surface area (Å²) in [5, 5.41) is 36.3. The molecule has 0 spiro atoms. The van der Waals surface area contributed by atoms with Gasteiger partial charge in [0.1, 0.15) is 23.8 Å². The number of carbonyl (C=O) groups is 1. The highest BCUT2D eigenvalue weighted by molar-refractivity contribution is 5.91. The van der Waals surface area contributed by atoms with Crippen molar-refractivity contribution in [3.8, 4) is 5.95 Å². The molecule has 1 amide bonds. The predicted octanol–water partition coefficient (Wildman–Crippen LogP) is -1.71. The fraction of sp³-hybridized carbons (Fsp3) is 0.438. The molecule has 1 aliphatic rings. The quantitative estimate of drug-likeness (QED) is 0.407. The Bertz CT molecular complexity index is 1030. The molecule has 12 heteroatoms. The second kappa shape index (κ2) is 6.91. The summed E-state index contributed by atoms with van der Waals surface area (Å²) in [5.74, 6) is -0.137. The van der Waals surface area contributed by atoms with E-state index >= 15 is 0 Å². The summed E-state index contributed by atoms with van der Waals surface area (Å²) in [6.45, 7) is 1.31. The van der Waals surface area contributed by atoms with E-state index in [2.05, 4.69) is 25.4 Å². The summed E-state index contributed by atoms with van der Waals surface area (Å²) >= 11 is 0. The van der Waals surface area contributed by atoms with Crippen molar-refractivity contribution in [1.29, 1.82) is 0 Å². The number of aliphatic hydroxyl groups is 3. The number of ether oxygens (including phenoxy) is 1. The van der Waals surface area contributed by atoms with Gasteiger partial charge in [0.05, 0.1) is 18.6 Å². The van der Waals surface area contributed by atoms with Crippen molar-refractivity contribution in [3.63, 3.8) is 0 Å². The summed E-state index contributed by atoms with van der Waals surface area (Å²) in [4.78, 5) is 24.8. The van der Waals surface area contributed by atoms with E-state index in [-0.39, 0.29) is 17.5 Å². The van der Waals surface area contributed by atoms with Gasteiger partial charge < -0.3 is 25.4 Å². The Kier molecular flexibility index (Phi) is 4.55. The van der Waals surface area contributed by atoms with E-state index in [1.165, 1.54) is 28.7 Å². The van der Waals surface area contributed by atoms with Crippen LogP contribution in [0, 0.1) is 6.92 Å². The smallest absolute Gasteiger partial charge is 0.271 e. The highest BCUT2D eigenvalue weighted by atomic mass is 16.6. The monoisotopic (exact) mass is 389 g/mol. The van der Waals surface area contributed by atoms with Gasteiger partial charge in [0.25, 0.3) is 11.9 Å². The van der Waals surface area contributed by atoms with Crippen LogP contribution in [0.5, 0.6) is 0 Å². The third-order valence-electron chi connectivity index (χ3n) is 4.63. The van der Waals surface area contributed by atoms with E-state index in [0.717, 1.165) is 0 Å². The van der Waals surface area contributed by atoms with Gasteiger partial charge in [0.2, 0.25) is 0 Å². The number of carbonyl (C=O) groups excluding carboxylic acids is 1. The van der Waals surface area contributed by atoms with Crippen LogP contribution < -0.4 is 5.32 Å². The molecule has 3 aromatic rings. The maximum Gasteiger partial charge on any atom is 0.271 e. The highest BCUT2D eigenvalue weighted by Crippen LogP contribution is 2.31. The number of amides is 1. The first-order valence-corrected chi connectivity index (χ1v) is 8.56. The van der Waals surface area contributed by atoms with E-state index in [1.807, 2.05) is 0 Å². The molecular weight excluding hydrogens is 370 g/mol. The average Bonchev–Trinajstić information content (AvgIpc) is 3.40. The number of nitrogens with one attached hydrogen (secondary N) is 1. The Morgan fingerprint density at radius 2 is 2.11 bits per heavy atom. The van der Waals surface area contributed by atoms with Gasteiger partial charge in [-0.05, 0) is 13.0 Å². The summed E-state index contributed by atoms with van der Waals surface area (Å²) in [7, 11) is 1.51. The predicted molar refractivity (Wildman–Crippen MR) is 93.6 cm³/mol. The average molecular weight is 389 g/mol. The molecule has 1 aliphatic heterocycles. The van der Waals surface area contributed by atoms with Crippen LogP contribution in [-0.4, -0.2) is 82.5 Å². The van der Waals surface area contributed by atoms with Crippen LogP contribution in [0.4, 0.5) is 0 Å². The minimum absolute atomic E-state index is 0.202. The molecule has 1 unspecified atom stereocenters. The zero-order valence-electron chi connectivity index (χ0n) is 15.1. The van der Waals surface area contributed by atoms with Crippen molar-refractivity contribution in [2.45, 2.75) is 31.5 Å². The molecule has 1 saturated heterocycles. The standard InChI is InChI=1S/C16H19N7O5/c1-7-10-13(20-16(19-7)23-4-3-8(21-23)14(27)17-2)22(6-18-10)15-12(26)11(25)9(5-24)28-15/h3-4,6,9,11-12,15,24-26H,5H2,1-2H3,(H,17,27)/t9-,11+,12?,15-/m1/s1. The van der Waals surface area contributed by atoms with Crippen LogP contribution in [0.2, 0.25) is 0 Å². The van der Waals surface area contributed by atoms with Gasteiger partial charge in [-0.1, -0.05) is 0 Å². The lowest BCUT2D eigenvalue weighted by atomic mass is 10.1. The summed E-state index contributed by atoms with van der Waals surface area (Å²) < 4.78 is 8.39. The molecule has 0 aliphatic carbocycles. The van der Waals surface area contributed by atoms with Gasteiger partial charge >= 0.3 is 0 Å². The van der Waals surface area contributed by atoms with E-state index < -0.39 is 31.1 Å². The van der Waals surface area contributed by atoms with Crippen molar-refractivity contribution in [1.82, 2.24) is 34.6 Å². The maximum absolute atomic E-state index is 11.7. The lowest BCUT2D eigenvalue weighted by Crippen LogP contribution is -2.33. The zero-order valence-corrected chi connectivity index (χ0v) is 15.1. The number of hydrogen-bond acceptors (Lipinski definition) is 9. The fourth-order valence-electron chi connectivity index (χ4n) is 3.13. The van der Waals surface area contributed by atoms with E-state index in [1.54, 1.807) is 13.1 Å². The normalized spacial score (nSPS) is 24.8. The summed E-state index contributed by atoms with van der Waals surface area (Å²) in [6.07, 6.45) is -1.42. The highest BCUT2D eigenvalue weighted by Gasteiger charge is 2.44. The number of rotatable bonds is 4. The van der Waals surface area contributed by atoms with E-state index in [4.69, 9.17) is 4.74 Å². The van der Waals surface area contributed by atoms with Crippen LogP contribution in [0.3, 0.4) is 0 Å². The minimum Gasteiger partial charge on any atom is -0.394 e. The van der Waals surface area contributed by atoms with Gasteiger partial charge in [0, 0.05) is 13.2 Å². The van der Waals surface area contributed by atoms with Crippen molar-refractivity contribution >= 4 is 17.1 Å². The molecule has 4 atom stereocenters. The van der Waals surface area contributed by atoms with Crippen LogP contribution >= 0.6 is 0 Å². The van der Waals surface area contributed by atoms with Crippen molar-refractivity contribution in [2.24, 2.45) is 0 Å². The third kappa shape index (κ3) is 2.82. The van der Waals surface area contributed by atoms with Gasteiger partial charge in [0.15, 0.2) is 17.6 Å². The number of nitrogens with zero attached hydrogens (tertiary/aromatic N) is 6. The summed E-state index contributed by atoms with van der Waals surface area (Å²) in [6, 6.07) is 1.53. The largest absolute Gasteiger partial charge is 0.394 e. The third-order valence-corrected chi connectivity index (χ3v) is 4.63. The first kappa shape index (κ1) is 18.4. The Balaban J connectivity index is 1.77. The summed E-state index contributed by atoms with van der Waals surface area (Å²) in [5.41, 5.74) is 1.61. The zero-order chi connectivity index (χ0) is 20.0. The van der Waals surface area contributed by atoms with Crippen LogP contribution in [0.15, 0.2) is 18.6 Å². The minimum atomic E-state index is -1.27. The topological polar surface area (TPSA) is 160 Å². The van der Waals surface area contributed by atoms with Crippen LogP contribution in [-0.2, 0) is 4.74 Å². The molecule has 4 N–H and O–H groups in total. The second-order valence-electron chi connectivity index (χ2n) is 6.39. The van der Waals surface area contributed by atoms with Crippen molar-refractivity contribution in [3.05, 3.63) is 30.0 Å². The number of aryl methyl sites for hydroxylation is 1. The molecule has 0 saturated carbocycles. The molecule has 0 aromatic carbocycles. The van der Waals surface area contributed by atoms with Crippen LogP contribution in [0.25, 0.3) is 17.1 Å². The van der Waals surface area contributed by atoms with Crippen LogP contribution in [0.1, 0.15) is 22.4 Å². The fourth-order valence-corrected chi connectivity index (χ4v) is 3.13. The van der Waals surface area contributed by atoms with Gasteiger partial charge in [-0.3, -0.25) is 9.36 Å². The number of imidazole rings is 1. The Labute approximate surface area is 158 Å². The van der Waals surface area contributed by atoms with Gasteiger partial charge in [-0.15, -0.1) is 0 Å². The number of aromatic nitrogens is 6. The number of hydrogen-bond donors (Lipinski definition) is 4. The first-order valence-electron chi connectivity index (χ1n) is 8.56. The number of fused-ring (bicyclic) bond motifs is 1. The van der Waals surface area contributed by atoms with Crippen molar-refractivity contribution in [2.75, 3.05) is 13.7 Å². The molecule has 1 fully saturated rings. The Morgan fingerprint density at radius 3 is 2.79 bits per heavy atom. The van der Waals surface area contributed by atoms with E-state index in [9.17, 15) is 20.1 Å². The molecule has 0 radical (unpaired) electrons. The molecule has 12 nitrogen and oxygen atoms in total. The molecule has 28 heavy (non-hydrogen) atoms. The molecular formula is C16H19N7O5. The Hall–Kier alpha value is -2.93. The first-order chi connectivity index (χ1) is 13.4. The van der Waals surface area contributed by atoms with Gasteiger partial charge in [-0.2, -0.15) is 10.1 Å². The van der Waals surface area contributed by atoms with Gasteiger partial charge in [-0.25, -0.2) is 14.6 Å². The second-order valence-corrected chi connectivity index (χ2v) is 6.39. The molecule has 3 aromatic heterocycles. The number of aliphatic hydroxyl groups excluding tert-OH is 3. The molecule has 4 heterocycles. The molecule has 148 valence electrons. The van der Waals surface area contributed by atoms with E-state index in [0.29, 0.717) is 16.9 Å². The Morgan fingerprint density at radius 1 is 1.32 bits per heavy atom. The SMILES string of the molecule is CNC(=O)c1ccn(-c2nc(C)c3ncn([C@@H]4O[C@H](CO)[C@H](O)C4O)c3n2)n1. The lowest BCUT2D eigenvalue weighted by Gasteiger charge is -2.16. The lowest BCUT2D eigenvalue weighted by molar-refractivity contribution is -0.0511.